The van der Waals surface area contributed by atoms with E-state index < -0.39 is 0 Å². The van der Waals surface area contributed by atoms with Crippen molar-refractivity contribution in [3.63, 3.8) is 0 Å². The second kappa shape index (κ2) is 12.3. The maximum atomic E-state index is 11.4. The van der Waals surface area contributed by atoms with Crippen LogP contribution in [-0.2, 0) is 10.2 Å². The van der Waals surface area contributed by atoms with Crippen molar-refractivity contribution in [3.05, 3.63) is 35.9 Å². The Hall–Kier alpha value is -1.35. The quantitative estimate of drug-likeness (QED) is 0.342. The predicted octanol–water partition coefficient (Wildman–Crippen LogP) is 2.30. The molecule has 0 saturated carbocycles. The van der Waals surface area contributed by atoms with Crippen molar-refractivity contribution in [1.29, 1.82) is 0 Å². The molecule has 6 nitrogen and oxygen atoms in total. The Kier molecular flexibility index (Phi) is 10.8. The van der Waals surface area contributed by atoms with Gasteiger partial charge in [-0.05, 0) is 12.5 Å². The van der Waals surface area contributed by atoms with E-state index in [0.717, 1.165) is 58.3 Å². The molecule has 0 spiro atoms. The minimum Gasteiger partial charge on any atom is -0.357 e. The summed E-state index contributed by atoms with van der Waals surface area (Å²) < 4.78 is 0. The Morgan fingerprint density at radius 2 is 1.75 bits per heavy atom. The monoisotopic (exact) mass is 501 g/mol. The van der Waals surface area contributed by atoms with Crippen molar-refractivity contribution < 1.29 is 4.79 Å². The van der Waals surface area contributed by atoms with Gasteiger partial charge in [0.05, 0.1) is 6.54 Å². The van der Waals surface area contributed by atoms with Crippen LogP contribution in [0.25, 0.3) is 0 Å². The number of carbonyl (C=O) groups excluding carboxylic acids is 1. The van der Waals surface area contributed by atoms with E-state index in [9.17, 15) is 4.79 Å². The highest BCUT2D eigenvalue weighted by atomic mass is 127. The maximum absolute atomic E-state index is 11.4. The van der Waals surface area contributed by atoms with Crippen LogP contribution >= 0.6 is 24.0 Å². The average molecular weight is 501 g/mol. The van der Waals surface area contributed by atoms with Crippen LogP contribution in [0.5, 0.6) is 0 Å². The van der Waals surface area contributed by atoms with Crippen LogP contribution in [0.2, 0.25) is 0 Å². The van der Waals surface area contributed by atoms with Crippen molar-refractivity contribution >= 4 is 35.8 Å². The van der Waals surface area contributed by atoms with Crippen LogP contribution < -0.4 is 10.6 Å². The lowest BCUT2D eigenvalue weighted by Gasteiger charge is -2.34. The number of carbonyl (C=O) groups is 1. The number of hydrogen-bond acceptors (Lipinski definition) is 3. The van der Waals surface area contributed by atoms with E-state index in [1.54, 1.807) is 6.92 Å². The minimum atomic E-state index is -0.00731. The van der Waals surface area contributed by atoms with Gasteiger partial charge in [-0.3, -0.25) is 14.7 Å². The predicted molar refractivity (Wildman–Crippen MR) is 128 cm³/mol. The first-order valence-electron chi connectivity index (χ1n) is 9.98. The van der Waals surface area contributed by atoms with Gasteiger partial charge in [-0.1, -0.05) is 44.2 Å². The first-order valence-corrected chi connectivity index (χ1v) is 9.98. The third-order valence-corrected chi connectivity index (χ3v) is 5.07. The number of benzene rings is 1. The lowest BCUT2D eigenvalue weighted by Crippen LogP contribution is -2.50. The summed E-state index contributed by atoms with van der Waals surface area (Å²) in [4.78, 5) is 20.5. The van der Waals surface area contributed by atoms with Gasteiger partial charge in [0.1, 0.15) is 0 Å². The fourth-order valence-electron chi connectivity index (χ4n) is 3.22. The van der Waals surface area contributed by atoms with Crippen molar-refractivity contribution in [2.24, 2.45) is 4.99 Å². The highest BCUT2D eigenvalue weighted by Gasteiger charge is 2.20. The summed E-state index contributed by atoms with van der Waals surface area (Å²) in [5.41, 5.74) is 1.29. The first-order chi connectivity index (χ1) is 12.9. The number of piperazine rings is 1. The Balaban J connectivity index is 0.00000392. The molecule has 1 aromatic rings. The molecule has 1 aliphatic heterocycles. The minimum absolute atomic E-state index is 0. The molecule has 2 rings (SSSR count). The standard InChI is InChI=1S/C21H35N5O.HI/c1-5-22-20(24-17-21(3,4)19-9-7-6-8-10-19)23-11-12-25-13-15-26(16-14-25)18(2)27;/h6-10H,5,11-17H2,1-4H3,(H2,22,23,24);1H. The molecule has 1 aromatic carbocycles. The first kappa shape index (κ1) is 24.7. The maximum Gasteiger partial charge on any atom is 0.219 e. The molecule has 28 heavy (non-hydrogen) atoms. The number of amides is 1. The van der Waals surface area contributed by atoms with Crippen molar-refractivity contribution in [2.45, 2.75) is 33.1 Å². The highest BCUT2D eigenvalue weighted by Crippen LogP contribution is 2.22. The number of halogens is 1. The van der Waals surface area contributed by atoms with Gasteiger partial charge in [0, 0.05) is 58.2 Å². The second-order valence-electron chi connectivity index (χ2n) is 7.72. The van der Waals surface area contributed by atoms with E-state index in [1.807, 2.05) is 11.0 Å². The Morgan fingerprint density at radius 3 is 2.32 bits per heavy atom. The molecule has 2 N–H and O–H groups in total. The van der Waals surface area contributed by atoms with Crippen LogP contribution in [-0.4, -0.2) is 74.0 Å². The Labute approximate surface area is 187 Å². The van der Waals surface area contributed by atoms with Crippen LogP contribution in [0.1, 0.15) is 33.3 Å². The molecular formula is C21H36IN5O. The number of hydrogen-bond donors (Lipinski definition) is 2. The number of nitrogens with one attached hydrogen (secondary N) is 2. The molecule has 7 heteroatoms. The van der Waals surface area contributed by atoms with Gasteiger partial charge in [-0.15, -0.1) is 24.0 Å². The van der Waals surface area contributed by atoms with Gasteiger partial charge >= 0.3 is 0 Å². The second-order valence-corrected chi connectivity index (χ2v) is 7.72. The summed E-state index contributed by atoms with van der Waals surface area (Å²) >= 11 is 0. The molecule has 0 atom stereocenters. The fourth-order valence-corrected chi connectivity index (χ4v) is 3.22. The summed E-state index contributed by atoms with van der Waals surface area (Å²) in [6, 6.07) is 10.5. The average Bonchev–Trinajstić information content (AvgIpc) is 2.67. The van der Waals surface area contributed by atoms with Crippen LogP contribution in [0, 0.1) is 0 Å². The summed E-state index contributed by atoms with van der Waals surface area (Å²) in [5.74, 6) is 1.04. The van der Waals surface area contributed by atoms with Crippen LogP contribution in [0.4, 0.5) is 0 Å². The molecule has 0 aliphatic carbocycles. The SMILES string of the molecule is CCNC(=NCC(C)(C)c1ccccc1)NCCN1CCN(C(C)=O)CC1.I. The molecule has 1 saturated heterocycles. The highest BCUT2D eigenvalue weighted by molar-refractivity contribution is 14.0. The molecule has 1 fully saturated rings. The Bertz CT molecular complexity index is 612. The van der Waals surface area contributed by atoms with E-state index in [4.69, 9.17) is 4.99 Å². The molecule has 0 radical (unpaired) electrons. The molecule has 158 valence electrons. The van der Waals surface area contributed by atoms with Crippen molar-refractivity contribution in [2.75, 3.05) is 52.4 Å². The number of guanidine groups is 1. The van der Waals surface area contributed by atoms with E-state index in [1.165, 1.54) is 5.56 Å². The molecule has 0 bridgehead atoms. The van der Waals surface area contributed by atoms with Crippen molar-refractivity contribution in [1.82, 2.24) is 20.4 Å². The zero-order valence-electron chi connectivity index (χ0n) is 17.7. The number of rotatable bonds is 7. The van der Waals surface area contributed by atoms with E-state index in [0.29, 0.717) is 0 Å². The van der Waals surface area contributed by atoms with Gasteiger partial charge in [0.15, 0.2) is 5.96 Å². The van der Waals surface area contributed by atoms with Gasteiger partial charge in [-0.25, -0.2) is 0 Å². The molecule has 0 unspecified atom stereocenters. The smallest absolute Gasteiger partial charge is 0.219 e. The summed E-state index contributed by atoms with van der Waals surface area (Å²) in [5, 5.41) is 6.78. The molecular weight excluding hydrogens is 465 g/mol. The summed E-state index contributed by atoms with van der Waals surface area (Å²) in [6.45, 7) is 15.1. The summed E-state index contributed by atoms with van der Waals surface area (Å²) in [7, 11) is 0. The van der Waals surface area contributed by atoms with Gasteiger partial charge in [0.25, 0.3) is 0 Å². The topological polar surface area (TPSA) is 60.0 Å². The third-order valence-electron chi connectivity index (χ3n) is 5.07. The zero-order valence-corrected chi connectivity index (χ0v) is 20.0. The van der Waals surface area contributed by atoms with Gasteiger partial charge < -0.3 is 15.5 Å². The fraction of sp³-hybridized carbons (Fsp3) is 0.619. The zero-order chi connectivity index (χ0) is 19.7. The molecule has 1 aliphatic rings. The van der Waals surface area contributed by atoms with E-state index in [2.05, 4.69) is 60.6 Å². The summed E-state index contributed by atoms with van der Waals surface area (Å²) in [6.07, 6.45) is 0. The Morgan fingerprint density at radius 1 is 1.11 bits per heavy atom. The number of nitrogens with zero attached hydrogens (tertiary/aromatic N) is 3. The lowest BCUT2D eigenvalue weighted by molar-refractivity contribution is -0.130. The molecule has 0 aromatic heterocycles. The molecule has 1 amide bonds. The van der Waals surface area contributed by atoms with E-state index >= 15 is 0 Å². The van der Waals surface area contributed by atoms with Crippen LogP contribution in [0.3, 0.4) is 0 Å². The lowest BCUT2D eigenvalue weighted by atomic mass is 9.85. The largest absolute Gasteiger partial charge is 0.357 e. The molecule has 1 heterocycles. The van der Waals surface area contributed by atoms with E-state index in [-0.39, 0.29) is 35.3 Å². The van der Waals surface area contributed by atoms with Crippen molar-refractivity contribution in [3.8, 4) is 0 Å². The normalized spacial score (nSPS) is 15.7. The van der Waals surface area contributed by atoms with Gasteiger partial charge in [0.2, 0.25) is 5.91 Å². The number of aliphatic imine (C=N–C) groups is 1. The van der Waals surface area contributed by atoms with Crippen LogP contribution in [0.15, 0.2) is 35.3 Å². The van der Waals surface area contributed by atoms with Gasteiger partial charge in [-0.2, -0.15) is 0 Å². The third kappa shape index (κ3) is 7.95.